The lowest BCUT2D eigenvalue weighted by Crippen LogP contribution is -2.41. The summed E-state index contributed by atoms with van der Waals surface area (Å²) in [5.41, 5.74) is 4.23. The molecular formula is C28H33BN2O5. The standard InChI is InChI=1S/C28H31BN2O5.H2/c1-27(2)28(3,4)36-29(35-27)19-9-11-20(12-10-19)30-25(32)22-16-18-15-17-7-5-13-31-14-6-8-21(23(17)31)24(18)34-26(22)33;/h9-12,15-16H,5-8,13-14H2,1-4H3,(H,30,32);1H. The van der Waals surface area contributed by atoms with Crippen LogP contribution >= 0.6 is 0 Å². The number of benzene rings is 2. The number of nitrogens with one attached hydrogen (secondary N) is 1. The molecule has 3 aliphatic heterocycles. The molecule has 6 rings (SSSR count). The molecule has 8 heteroatoms. The van der Waals surface area contributed by atoms with E-state index < -0.39 is 29.9 Å². The molecule has 0 saturated carbocycles. The molecule has 1 N–H and O–H groups in total. The normalized spacial score (nSPS) is 19.9. The monoisotopic (exact) mass is 488 g/mol. The maximum Gasteiger partial charge on any atom is 0.494 e. The van der Waals surface area contributed by atoms with Crippen LogP contribution in [-0.2, 0) is 22.2 Å². The Balaban J connectivity index is 0.00000280. The van der Waals surface area contributed by atoms with Crippen molar-refractivity contribution in [1.82, 2.24) is 0 Å². The molecule has 4 heterocycles. The van der Waals surface area contributed by atoms with Gasteiger partial charge in [-0.15, -0.1) is 0 Å². The van der Waals surface area contributed by atoms with E-state index in [9.17, 15) is 9.59 Å². The van der Waals surface area contributed by atoms with Crippen molar-refractivity contribution in [3.63, 3.8) is 0 Å². The van der Waals surface area contributed by atoms with Crippen molar-refractivity contribution in [1.29, 1.82) is 0 Å². The van der Waals surface area contributed by atoms with Gasteiger partial charge in [0.2, 0.25) is 0 Å². The molecule has 0 unspecified atom stereocenters. The van der Waals surface area contributed by atoms with Crippen LogP contribution in [0.15, 0.2) is 45.6 Å². The predicted molar refractivity (Wildman–Crippen MR) is 144 cm³/mol. The summed E-state index contributed by atoms with van der Waals surface area (Å²) in [6.45, 7) is 10.1. The molecule has 36 heavy (non-hydrogen) atoms. The maximum absolute atomic E-state index is 13.1. The number of hydrogen-bond donors (Lipinski definition) is 1. The highest BCUT2D eigenvalue weighted by molar-refractivity contribution is 6.62. The smallest absolute Gasteiger partial charge is 0.422 e. The van der Waals surface area contributed by atoms with Gasteiger partial charge in [0.1, 0.15) is 11.1 Å². The molecule has 188 valence electrons. The molecule has 1 aromatic heterocycles. The van der Waals surface area contributed by atoms with Crippen molar-refractivity contribution < 1.29 is 19.9 Å². The largest absolute Gasteiger partial charge is 0.494 e. The van der Waals surface area contributed by atoms with Crippen LogP contribution < -0.4 is 21.3 Å². The van der Waals surface area contributed by atoms with Crippen LogP contribution in [0.5, 0.6) is 0 Å². The molecule has 3 aromatic rings. The number of anilines is 2. The highest BCUT2D eigenvalue weighted by Gasteiger charge is 2.51. The molecule has 1 amide bonds. The van der Waals surface area contributed by atoms with Crippen molar-refractivity contribution in [2.75, 3.05) is 23.3 Å². The Hall–Kier alpha value is -3.10. The minimum atomic E-state index is -0.613. The summed E-state index contributed by atoms with van der Waals surface area (Å²) in [4.78, 5) is 28.4. The number of aryl methyl sites for hydroxylation is 2. The summed E-state index contributed by atoms with van der Waals surface area (Å²) >= 11 is 0. The number of nitrogens with zero attached hydrogens (tertiary/aromatic N) is 1. The third-order valence-electron chi connectivity index (χ3n) is 8.15. The number of carbonyl (C=O) groups excluding carboxylic acids is 1. The zero-order valence-electron chi connectivity index (χ0n) is 21.3. The minimum Gasteiger partial charge on any atom is -0.422 e. The predicted octanol–water partition coefficient (Wildman–Crippen LogP) is 4.29. The van der Waals surface area contributed by atoms with Crippen LogP contribution in [0, 0.1) is 0 Å². The van der Waals surface area contributed by atoms with Crippen LogP contribution in [-0.4, -0.2) is 37.3 Å². The van der Waals surface area contributed by atoms with Gasteiger partial charge < -0.3 is 23.9 Å². The average molecular weight is 488 g/mol. The van der Waals surface area contributed by atoms with Gasteiger partial charge in [0.25, 0.3) is 5.91 Å². The van der Waals surface area contributed by atoms with Gasteiger partial charge in [0, 0.05) is 36.8 Å². The molecular weight excluding hydrogens is 455 g/mol. The number of hydrogen-bond acceptors (Lipinski definition) is 6. The van der Waals surface area contributed by atoms with E-state index in [1.807, 2.05) is 39.8 Å². The van der Waals surface area contributed by atoms with Gasteiger partial charge in [0.15, 0.2) is 0 Å². The van der Waals surface area contributed by atoms with E-state index in [4.69, 9.17) is 13.7 Å². The lowest BCUT2D eigenvalue weighted by atomic mass is 9.79. The zero-order valence-corrected chi connectivity index (χ0v) is 21.3. The number of fused-ring (bicyclic) bond motifs is 2. The van der Waals surface area contributed by atoms with E-state index in [-0.39, 0.29) is 6.99 Å². The molecule has 0 atom stereocenters. The summed E-state index contributed by atoms with van der Waals surface area (Å²) in [7, 11) is -0.477. The summed E-state index contributed by atoms with van der Waals surface area (Å²) in [5, 5.41) is 3.65. The van der Waals surface area contributed by atoms with Gasteiger partial charge in [-0.2, -0.15) is 0 Å². The Morgan fingerprint density at radius 3 is 2.36 bits per heavy atom. The van der Waals surface area contributed by atoms with Gasteiger partial charge in [-0.1, -0.05) is 12.1 Å². The lowest BCUT2D eigenvalue weighted by molar-refractivity contribution is 0.00578. The molecule has 1 fully saturated rings. The first kappa shape index (κ1) is 23.3. The highest BCUT2D eigenvalue weighted by atomic mass is 16.7. The van der Waals surface area contributed by atoms with E-state index in [0.29, 0.717) is 11.3 Å². The van der Waals surface area contributed by atoms with Gasteiger partial charge in [-0.3, -0.25) is 4.79 Å². The molecule has 3 aliphatic rings. The molecule has 2 aromatic carbocycles. The quantitative estimate of drug-likeness (QED) is 0.438. The summed E-state index contributed by atoms with van der Waals surface area (Å²) in [6, 6.07) is 11.1. The SMILES string of the molecule is CC1(C)OB(c2ccc(NC(=O)c3cc4cc5c6c(c4oc3=O)CCCN6CCC5)cc2)OC1(C)C.[HH]. The van der Waals surface area contributed by atoms with Crippen LogP contribution in [0.3, 0.4) is 0 Å². The summed E-state index contributed by atoms with van der Waals surface area (Å²) < 4.78 is 18.0. The number of amides is 1. The molecule has 7 nitrogen and oxygen atoms in total. The molecule has 1 saturated heterocycles. The highest BCUT2D eigenvalue weighted by Crippen LogP contribution is 2.40. The third-order valence-corrected chi connectivity index (χ3v) is 8.15. The van der Waals surface area contributed by atoms with Crippen molar-refractivity contribution >= 4 is 40.8 Å². The fourth-order valence-electron chi connectivity index (χ4n) is 5.51. The zero-order chi connectivity index (χ0) is 25.2. The molecule has 0 radical (unpaired) electrons. The van der Waals surface area contributed by atoms with Crippen molar-refractivity contribution in [3.05, 3.63) is 63.5 Å². The van der Waals surface area contributed by atoms with Crippen LogP contribution in [0.2, 0.25) is 0 Å². The first-order chi connectivity index (χ1) is 17.1. The van der Waals surface area contributed by atoms with Crippen molar-refractivity contribution in [3.8, 4) is 0 Å². The van der Waals surface area contributed by atoms with Crippen LogP contribution in [0.4, 0.5) is 11.4 Å². The molecule has 0 spiro atoms. The Labute approximate surface area is 212 Å². The third kappa shape index (κ3) is 3.75. The Morgan fingerprint density at radius 2 is 1.67 bits per heavy atom. The van der Waals surface area contributed by atoms with Crippen LogP contribution in [0.1, 0.15) is 63.4 Å². The minimum absolute atomic E-state index is 0. The lowest BCUT2D eigenvalue weighted by Gasteiger charge is -2.37. The first-order valence-corrected chi connectivity index (χ1v) is 12.8. The van der Waals surface area contributed by atoms with Gasteiger partial charge in [-0.25, -0.2) is 4.79 Å². The molecule has 0 bridgehead atoms. The van der Waals surface area contributed by atoms with E-state index in [1.165, 1.54) is 11.3 Å². The van der Waals surface area contributed by atoms with E-state index in [1.54, 1.807) is 18.2 Å². The second-order valence-electron chi connectivity index (χ2n) is 11.1. The van der Waals surface area contributed by atoms with Gasteiger partial charge in [-0.05, 0) is 88.7 Å². The average Bonchev–Trinajstić information content (AvgIpc) is 3.06. The Morgan fingerprint density at radius 1 is 1.00 bits per heavy atom. The topological polar surface area (TPSA) is 81.0 Å². The summed E-state index contributed by atoms with van der Waals surface area (Å²) in [6.07, 6.45) is 4.05. The van der Waals surface area contributed by atoms with E-state index >= 15 is 0 Å². The van der Waals surface area contributed by atoms with E-state index in [0.717, 1.165) is 55.2 Å². The Kier molecular flexibility index (Phi) is 5.32. The van der Waals surface area contributed by atoms with Crippen LogP contribution in [0.25, 0.3) is 11.0 Å². The van der Waals surface area contributed by atoms with Gasteiger partial charge in [0.05, 0.1) is 11.2 Å². The maximum atomic E-state index is 13.1. The van der Waals surface area contributed by atoms with Gasteiger partial charge >= 0.3 is 12.7 Å². The second-order valence-corrected chi connectivity index (χ2v) is 11.1. The first-order valence-electron chi connectivity index (χ1n) is 12.8. The Bertz CT molecular complexity index is 1420. The molecule has 0 aliphatic carbocycles. The number of rotatable bonds is 3. The summed E-state index contributed by atoms with van der Waals surface area (Å²) in [5.74, 6) is -0.484. The second kappa shape index (κ2) is 8.22. The van der Waals surface area contributed by atoms with Crippen molar-refractivity contribution in [2.24, 2.45) is 0 Å². The van der Waals surface area contributed by atoms with E-state index in [2.05, 4.69) is 16.3 Å². The fraction of sp³-hybridized carbons (Fsp3) is 0.429. The fourth-order valence-corrected chi connectivity index (χ4v) is 5.51. The van der Waals surface area contributed by atoms with Crippen molar-refractivity contribution in [2.45, 2.75) is 64.6 Å². The number of carbonyl (C=O) groups is 1.